The van der Waals surface area contributed by atoms with E-state index in [9.17, 15) is 9.18 Å². The van der Waals surface area contributed by atoms with Gasteiger partial charge < -0.3 is 15.8 Å². The van der Waals surface area contributed by atoms with Crippen LogP contribution in [0.2, 0.25) is 0 Å². The molecule has 4 nitrogen and oxygen atoms in total. The van der Waals surface area contributed by atoms with Crippen molar-refractivity contribution >= 4 is 5.97 Å². The van der Waals surface area contributed by atoms with E-state index in [1.54, 1.807) is 20.8 Å². The molecule has 0 atom stereocenters. The molecule has 5 heteroatoms. The molecule has 2 rings (SSSR count). The molecule has 118 valence electrons. The molecule has 0 aliphatic carbocycles. The van der Waals surface area contributed by atoms with E-state index in [4.69, 9.17) is 10.5 Å². The van der Waals surface area contributed by atoms with Gasteiger partial charge in [0.25, 0.3) is 0 Å². The summed E-state index contributed by atoms with van der Waals surface area (Å²) in [6, 6.07) is 5.76. The minimum atomic E-state index is -0.522. The Kier molecular flexibility index (Phi) is 6.78. The van der Waals surface area contributed by atoms with E-state index in [0.29, 0.717) is 11.6 Å². The Balaban J connectivity index is 0.000000262. The van der Waals surface area contributed by atoms with Gasteiger partial charge in [0.15, 0.2) is 0 Å². The molecular formula is C16H25FN2O2. The molecule has 1 aliphatic heterocycles. The fraction of sp³-hybridized carbons (Fsp3) is 0.562. The zero-order valence-corrected chi connectivity index (χ0v) is 13.0. The predicted molar refractivity (Wildman–Crippen MR) is 81.6 cm³/mol. The Morgan fingerprint density at radius 2 is 1.76 bits per heavy atom. The molecule has 1 fully saturated rings. The van der Waals surface area contributed by atoms with Crippen LogP contribution in [0.15, 0.2) is 24.3 Å². The van der Waals surface area contributed by atoms with Gasteiger partial charge in [0.1, 0.15) is 11.4 Å². The summed E-state index contributed by atoms with van der Waals surface area (Å²) in [5.74, 6) is -0.796. The third-order valence-electron chi connectivity index (χ3n) is 2.86. The van der Waals surface area contributed by atoms with Crippen LogP contribution in [0.25, 0.3) is 0 Å². The molecule has 1 heterocycles. The van der Waals surface area contributed by atoms with Gasteiger partial charge >= 0.3 is 5.97 Å². The molecule has 0 unspecified atom stereocenters. The number of ether oxygens (including phenoxy) is 1. The number of nitrogens with two attached hydrogens (primary N) is 1. The Morgan fingerprint density at radius 3 is 2.14 bits per heavy atom. The molecule has 1 saturated heterocycles. The van der Waals surface area contributed by atoms with Crippen LogP contribution in [0, 0.1) is 5.82 Å². The highest BCUT2D eigenvalue weighted by Crippen LogP contribution is 2.12. The summed E-state index contributed by atoms with van der Waals surface area (Å²) in [5.41, 5.74) is 5.43. The van der Waals surface area contributed by atoms with Crippen LogP contribution in [0.5, 0.6) is 0 Å². The fourth-order valence-electron chi connectivity index (χ4n) is 1.77. The average molecular weight is 296 g/mol. The standard InChI is InChI=1S/C11H13FO2.C5H12N2/c1-11(2,3)14-10(13)8-4-6-9(12)7-5-8;6-5-1-3-7-4-2-5/h4-7H,1-3H3;5,7H,1-4,6H2. The maximum absolute atomic E-state index is 12.5. The Labute approximate surface area is 125 Å². The van der Waals surface area contributed by atoms with Crippen molar-refractivity contribution in [2.24, 2.45) is 5.73 Å². The van der Waals surface area contributed by atoms with Gasteiger partial charge in [-0.2, -0.15) is 0 Å². The zero-order chi connectivity index (χ0) is 15.9. The zero-order valence-electron chi connectivity index (χ0n) is 13.0. The molecule has 21 heavy (non-hydrogen) atoms. The maximum atomic E-state index is 12.5. The second kappa shape index (κ2) is 8.10. The number of nitrogens with one attached hydrogen (secondary N) is 1. The van der Waals surface area contributed by atoms with Crippen LogP contribution >= 0.6 is 0 Å². The monoisotopic (exact) mass is 296 g/mol. The summed E-state index contributed by atoms with van der Waals surface area (Å²) in [5, 5.41) is 3.24. The lowest BCUT2D eigenvalue weighted by molar-refractivity contribution is 0.00695. The van der Waals surface area contributed by atoms with Gasteiger partial charge in [-0.15, -0.1) is 0 Å². The fourth-order valence-corrected chi connectivity index (χ4v) is 1.77. The molecule has 0 spiro atoms. The number of rotatable bonds is 1. The van der Waals surface area contributed by atoms with Crippen LogP contribution in [-0.4, -0.2) is 30.7 Å². The smallest absolute Gasteiger partial charge is 0.338 e. The molecule has 1 aromatic rings. The Hall–Kier alpha value is -1.46. The minimum Gasteiger partial charge on any atom is -0.456 e. The van der Waals surface area contributed by atoms with Gasteiger partial charge in [-0.1, -0.05) is 0 Å². The molecule has 0 amide bonds. The number of hydrogen-bond acceptors (Lipinski definition) is 4. The van der Waals surface area contributed by atoms with Crippen molar-refractivity contribution in [1.82, 2.24) is 5.32 Å². The first-order valence-electron chi connectivity index (χ1n) is 7.23. The third-order valence-corrected chi connectivity index (χ3v) is 2.86. The van der Waals surface area contributed by atoms with E-state index >= 15 is 0 Å². The quantitative estimate of drug-likeness (QED) is 0.781. The van der Waals surface area contributed by atoms with Gasteiger partial charge in [-0.25, -0.2) is 9.18 Å². The SMILES string of the molecule is CC(C)(C)OC(=O)c1ccc(F)cc1.NC1CCNCC1. The number of halogens is 1. The molecule has 0 radical (unpaired) electrons. The number of carbonyl (C=O) groups excluding carboxylic acids is 1. The van der Waals surface area contributed by atoms with Crippen molar-refractivity contribution < 1.29 is 13.9 Å². The predicted octanol–water partition coefficient (Wildman–Crippen LogP) is 2.48. The van der Waals surface area contributed by atoms with Crippen molar-refractivity contribution in [1.29, 1.82) is 0 Å². The Bertz CT molecular complexity index is 435. The van der Waals surface area contributed by atoms with Crippen LogP contribution in [0.3, 0.4) is 0 Å². The van der Waals surface area contributed by atoms with Crippen LogP contribution in [0.4, 0.5) is 4.39 Å². The summed E-state index contributed by atoms with van der Waals surface area (Å²) in [7, 11) is 0. The molecular weight excluding hydrogens is 271 g/mol. The van der Waals surface area contributed by atoms with Crippen LogP contribution in [0.1, 0.15) is 44.0 Å². The summed E-state index contributed by atoms with van der Waals surface area (Å²) in [4.78, 5) is 11.4. The van der Waals surface area contributed by atoms with E-state index in [1.807, 2.05) is 0 Å². The topological polar surface area (TPSA) is 64.3 Å². The first kappa shape index (κ1) is 17.6. The third kappa shape index (κ3) is 7.78. The van der Waals surface area contributed by atoms with Crippen LogP contribution < -0.4 is 11.1 Å². The summed E-state index contributed by atoms with van der Waals surface area (Å²) < 4.78 is 17.6. The van der Waals surface area contributed by atoms with Crippen molar-refractivity contribution in [3.8, 4) is 0 Å². The van der Waals surface area contributed by atoms with Gasteiger partial charge in [-0.3, -0.25) is 0 Å². The molecule has 0 saturated carbocycles. The van der Waals surface area contributed by atoms with E-state index in [1.165, 1.54) is 24.3 Å². The van der Waals surface area contributed by atoms with E-state index in [-0.39, 0.29) is 5.82 Å². The lowest BCUT2D eigenvalue weighted by Crippen LogP contribution is -2.35. The first-order chi connectivity index (χ1) is 9.78. The number of piperidine rings is 1. The maximum Gasteiger partial charge on any atom is 0.338 e. The van der Waals surface area contributed by atoms with Crippen molar-refractivity contribution in [3.63, 3.8) is 0 Å². The average Bonchev–Trinajstić information content (AvgIpc) is 2.39. The normalized spacial score (nSPS) is 15.9. The van der Waals surface area contributed by atoms with E-state index < -0.39 is 11.6 Å². The van der Waals surface area contributed by atoms with E-state index in [0.717, 1.165) is 25.9 Å². The minimum absolute atomic E-state index is 0.362. The lowest BCUT2D eigenvalue weighted by atomic mass is 10.1. The van der Waals surface area contributed by atoms with Gasteiger partial charge in [0.2, 0.25) is 0 Å². The second-order valence-electron chi connectivity index (χ2n) is 6.10. The number of benzene rings is 1. The molecule has 1 aliphatic rings. The number of carbonyl (C=O) groups is 1. The van der Waals surface area contributed by atoms with Crippen molar-refractivity contribution in [2.45, 2.75) is 45.3 Å². The summed E-state index contributed by atoms with van der Waals surface area (Å²) in [6.07, 6.45) is 2.31. The highest BCUT2D eigenvalue weighted by atomic mass is 19.1. The first-order valence-corrected chi connectivity index (χ1v) is 7.23. The van der Waals surface area contributed by atoms with Gasteiger partial charge in [-0.05, 0) is 71.0 Å². The van der Waals surface area contributed by atoms with Gasteiger partial charge in [0.05, 0.1) is 5.56 Å². The van der Waals surface area contributed by atoms with Crippen LogP contribution in [-0.2, 0) is 4.74 Å². The molecule has 1 aromatic carbocycles. The highest BCUT2D eigenvalue weighted by molar-refractivity contribution is 5.89. The van der Waals surface area contributed by atoms with Crippen molar-refractivity contribution in [3.05, 3.63) is 35.6 Å². The summed E-state index contributed by atoms with van der Waals surface area (Å²) >= 11 is 0. The number of esters is 1. The van der Waals surface area contributed by atoms with Crippen molar-refractivity contribution in [2.75, 3.05) is 13.1 Å². The second-order valence-corrected chi connectivity index (χ2v) is 6.10. The van der Waals surface area contributed by atoms with E-state index in [2.05, 4.69) is 5.32 Å². The molecule has 3 N–H and O–H groups in total. The summed E-state index contributed by atoms with van der Waals surface area (Å²) in [6.45, 7) is 7.58. The highest BCUT2D eigenvalue weighted by Gasteiger charge is 2.17. The Morgan fingerprint density at radius 1 is 1.24 bits per heavy atom. The largest absolute Gasteiger partial charge is 0.456 e. The van der Waals surface area contributed by atoms with Gasteiger partial charge in [0, 0.05) is 6.04 Å². The molecule has 0 aromatic heterocycles. The molecule has 0 bridgehead atoms. The number of hydrogen-bond donors (Lipinski definition) is 2. The lowest BCUT2D eigenvalue weighted by Gasteiger charge is -2.19.